The standard InChI is InChI=1S/C11H23Br/c1-4-6-7-8-9-10(3)11(12)5-2/h10-11H,4-9H2,1-3H3. The SMILES string of the molecule is CCCCCCC(C)C(Br)CC. The third kappa shape index (κ3) is 6.05. The monoisotopic (exact) mass is 234 g/mol. The molecule has 0 aromatic carbocycles. The van der Waals surface area contributed by atoms with Gasteiger partial charge in [0.25, 0.3) is 0 Å². The summed E-state index contributed by atoms with van der Waals surface area (Å²) in [6, 6.07) is 0. The van der Waals surface area contributed by atoms with Gasteiger partial charge < -0.3 is 0 Å². The average molecular weight is 235 g/mol. The summed E-state index contributed by atoms with van der Waals surface area (Å²) in [4.78, 5) is 0.735. The third-order valence-electron chi connectivity index (χ3n) is 2.52. The normalized spacial score (nSPS) is 16.0. The van der Waals surface area contributed by atoms with Crippen LogP contribution in [-0.2, 0) is 0 Å². The minimum Gasteiger partial charge on any atom is -0.0888 e. The van der Waals surface area contributed by atoms with Crippen molar-refractivity contribution in [3.05, 3.63) is 0 Å². The Hall–Kier alpha value is 0.480. The second kappa shape index (κ2) is 8.10. The van der Waals surface area contributed by atoms with Crippen molar-refractivity contribution in [1.29, 1.82) is 0 Å². The molecular weight excluding hydrogens is 212 g/mol. The zero-order chi connectivity index (χ0) is 9.40. The average Bonchev–Trinajstić information content (AvgIpc) is 2.10. The van der Waals surface area contributed by atoms with Crippen molar-refractivity contribution in [2.75, 3.05) is 0 Å². The van der Waals surface area contributed by atoms with Gasteiger partial charge in [0.2, 0.25) is 0 Å². The highest BCUT2D eigenvalue weighted by atomic mass is 79.9. The molecule has 0 aliphatic heterocycles. The van der Waals surface area contributed by atoms with Gasteiger partial charge in [-0.1, -0.05) is 62.4 Å². The molecule has 12 heavy (non-hydrogen) atoms. The molecule has 0 bridgehead atoms. The molecule has 0 fully saturated rings. The van der Waals surface area contributed by atoms with Gasteiger partial charge in [-0.2, -0.15) is 0 Å². The molecule has 0 rings (SSSR count). The Kier molecular flexibility index (Phi) is 8.42. The van der Waals surface area contributed by atoms with E-state index < -0.39 is 0 Å². The molecule has 2 atom stereocenters. The quantitative estimate of drug-likeness (QED) is 0.440. The van der Waals surface area contributed by atoms with Gasteiger partial charge in [0, 0.05) is 4.83 Å². The molecule has 0 radical (unpaired) electrons. The lowest BCUT2D eigenvalue weighted by molar-refractivity contribution is 0.471. The highest BCUT2D eigenvalue weighted by Crippen LogP contribution is 2.21. The lowest BCUT2D eigenvalue weighted by atomic mass is 9.98. The summed E-state index contributed by atoms with van der Waals surface area (Å²) >= 11 is 3.71. The van der Waals surface area contributed by atoms with Crippen molar-refractivity contribution in [2.45, 2.75) is 64.1 Å². The summed E-state index contributed by atoms with van der Waals surface area (Å²) in [6.45, 7) is 6.87. The van der Waals surface area contributed by atoms with E-state index in [0.717, 1.165) is 10.7 Å². The van der Waals surface area contributed by atoms with Gasteiger partial charge in [0.15, 0.2) is 0 Å². The second-order valence-corrected chi connectivity index (χ2v) is 4.93. The molecule has 0 aromatic heterocycles. The largest absolute Gasteiger partial charge is 0.0888 e. The number of rotatable bonds is 7. The van der Waals surface area contributed by atoms with Gasteiger partial charge in [-0.15, -0.1) is 0 Å². The van der Waals surface area contributed by atoms with Crippen molar-refractivity contribution >= 4 is 15.9 Å². The number of hydrogen-bond donors (Lipinski definition) is 0. The molecule has 0 spiro atoms. The van der Waals surface area contributed by atoms with Gasteiger partial charge in [0.1, 0.15) is 0 Å². The Morgan fingerprint density at radius 1 is 1.08 bits per heavy atom. The Bertz CT molecular complexity index is 91.0. The van der Waals surface area contributed by atoms with E-state index in [2.05, 4.69) is 36.7 Å². The van der Waals surface area contributed by atoms with Crippen LogP contribution in [0.2, 0.25) is 0 Å². The summed E-state index contributed by atoms with van der Waals surface area (Å²) < 4.78 is 0. The summed E-state index contributed by atoms with van der Waals surface area (Å²) in [5.41, 5.74) is 0. The van der Waals surface area contributed by atoms with Gasteiger partial charge in [0.05, 0.1) is 0 Å². The fourth-order valence-electron chi connectivity index (χ4n) is 1.48. The summed E-state index contributed by atoms with van der Waals surface area (Å²) in [5, 5.41) is 0. The van der Waals surface area contributed by atoms with E-state index in [1.165, 1.54) is 38.5 Å². The molecular formula is C11H23Br. The van der Waals surface area contributed by atoms with Crippen molar-refractivity contribution in [1.82, 2.24) is 0 Å². The van der Waals surface area contributed by atoms with Gasteiger partial charge in [-0.25, -0.2) is 0 Å². The van der Waals surface area contributed by atoms with Crippen LogP contribution in [0, 0.1) is 5.92 Å². The van der Waals surface area contributed by atoms with Crippen LogP contribution >= 0.6 is 15.9 Å². The minimum absolute atomic E-state index is 0.735. The molecule has 0 nitrogen and oxygen atoms in total. The molecule has 1 heteroatoms. The molecule has 0 N–H and O–H groups in total. The molecule has 0 aliphatic rings. The van der Waals surface area contributed by atoms with Crippen LogP contribution in [0.3, 0.4) is 0 Å². The molecule has 0 aliphatic carbocycles. The van der Waals surface area contributed by atoms with E-state index in [0.29, 0.717) is 0 Å². The van der Waals surface area contributed by atoms with Crippen LogP contribution in [0.4, 0.5) is 0 Å². The Morgan fingerprint density at radius 3 is 2.25 bits per heavy atom. The van der Waals surface area contributed by atoms with Gasteiger partial charge in [-0.3, -0.25) is 0 Å². The minimum atomic E-state index is 0.735. The van der Waals surface area contributed by atoms with E-state index in [4.69, 9.17) is 0 Å². The third-order valence-corrected chi connectivity index (χ3v) is 4.07. The first-order chi connectivity index (χ1) is 5.72. The lowest BCUT2D eigenvalue weighted by Crippen LogP contribution is -2.09. The van der Waals surface area contributed by atoms with E-state index >= 15 is 0 Å². The summed E-state index contributed by atoms with van der Waals surface area (Å²) in [7, 11) is 0. The Balaban J connectivity index is 3.24. The van der Waals surface area contributed by atoms with E-state index in [9.17, 15) is 0 Å². The molecule has 0 amide bonds. The Morgan fingerprint density at radius 2 is 1.75 bits per heavy atom. The molecule has 0 aromatic rings. The lowest BCUT2D eigenvalue weighted by Gasteiger charge is -2.15. The first kappa shape index (κ1) is 12.5. The van der Waals surface area contributed by atoms with Crippen molar-refractivity contribution in [2.24, 2.45) is 5.92 Å². The maximum absolute atomic E-state index is 3.71. The van der Waals surface area contributed by atoms with Crippen LogP contribution in [0.5, 0.6) is 0 Å². The Labute approximate surface area is 86.3 Å². The van der Waals surface area contributed by atoms with E-state index in [1.54, 1.807) is 0 Å². The molecule has 2 unspecified atom stereocenters. The van der Waals surface area contributed by atoms with Crippen molar-refractivity contribution in [3.8, 4) is 0 Å². The van der Waals surface area contributed by atoms with E-state index in [1.807, 2.05) is 0 Å². The topological polar surface area (TPSA) is 0 Å². The van der Waals surface area contributed by atoms with E-state index in [-0.39, 0.29) is 0 Å². The number of unbranched alkanes of at least 4 members (excludes halogenated alkanes) is 3. The summed E-state index contributed by atoms with van der Waals surface area (Å²) in [5.74, 6) is 0.854. The number of halogens is 1. The fourth-order valence-corrected chi connectivity index (χ4v) is 1.74. The van der Waals surface area contributed by atoms with Crippen LogP contribution in [-0.4, -0.2) is 4.83 Å². The predicted octanol–water partition coefficient (Wildman–Crippen LogP) is 4.77. The van der Waals surface area contributed by atoms with Crippen molar-refractivity contribution in [3.63, 3.8) is 0 Å². The number of hydrogen-bond acceptors (Lipinski definition) is 0. The van der Waals surface area contributed by atoms with Gasteiger partial charge in [-0.05, 0) is 18.8 Å². The highest BCUT2D eigenvalue weighted by molar-refractivity contribution is 9.09. The van der Waals surface area contributed by atoms with Gasteiger partial charge >= 0.3 is 0 Å². The predicted molar refractivity (Wildman–Crippen MR) is 60.9 cm³/mol. The second-order valence-electron chi connectivity index (χ2n) is 3.75. The fraction of sp³-hybridized carbons (Fsp3) is 1.00. The molecule has 0 saturated carbocycles. The zero-order valence-electron chi connectivity index (χ0n) is 8.78. The summed E-state index contributed by atoms with van der Waals surface area (Å²) in [6.07, 6.45) is 8.24. The van der Waals surface area contributed by atoms with Crippen LogP contribution in [0.15, 0.2) is 0 Å². The number of alkyl halides is 1. The maximum Gasteiger partial charge on any atom is 0.0168 e. The zero-order valence-corrected chi connectivity index (χ0v) is 10.4. The maximum atomic E-state index is 3.71. The van der Waals surface area contributed by atoms with Crippen LogP contribution in [0.1, 0.15) is 59.3 Å². The highest BCUT2D eigenvalue weighted by Gasteiger charge is 2.10. The van der Waals surface area contributed by atoms with Crippen LogP contribution < -0.4 is 0 Å². The molecule has 0 saturated heterocycles. The van der Waals surface area contributed by atoms with Crippen LogP contribution in [0.25, 0.3) is 0 Å². The smallest absolute Gasteiger partial charge is 0.0168 e. The molecule has 0 heterocycles. The van der Waals surface area contributed by atoms with Crippen molar-refractivity contribution < 1.29 is 0 Å². The first-order valence-electron chi connectivity index (χ1n) is 5.36. The molecule has 74 valence electrons. The first-order valence-corrected chi connectivity index (χ1v) is 6.28.